The topological polar surface area (TPSA) is 228 Å². The van der Waals surface area contributed by atoms with E-state index in [0.29, 0.717) is 12.8 Å². The van der Waals surface area contributed by atoms with E-state index < -0.39 is 86.8 Å². The first-order valence-corrected chi connectivity index (χ1v) is 15.8. The Morgan fingerprint density at radius 2 is 1.33 bits per heavy atom. The Labute approximate surface area is 253 Å². The first-order valence-electron chi connectivity index (χ1n) is 15.8. The molecule has 0 radical (unpaired) electrons. The predicted octanol–water partition coefficient (Wildman–Crippen LogP) is -1.20. The van der Waals surface area contributed by atoms with E-state index in [0.717, 1.165) is 25.7 Å². The summed E-state index contributed by atoms with van der Waals surface area (Å²) in [5.74, 6) is -0.266. The molecule has 0 aromatic heterocycles. The van der Waals surface area contributed by atoms with Gasteiger partial charge in [0.2, 0.25) is 5.91 Å². The molecule has 0 spiro atoms. The monoisotopic (exact) mass is 625 g/mol. The van der Waals surface area contributed by atoms with Crippen LogP contribution in [0.25, 0.3) is 0 Å². The second-order valence-electron chi connectivity index (χ2n) is 11.6. The highest BCUT2D eigenvalue weighted by Gasteiger charge is 2.50. The Bertz CT molecular complexity index is 760. The van der Waals surface area contributed by atoms with Crippen molar-refractivity contribution in [3.8, 4) is 0 Å². The summed E-state index contributed by atoms with van der Waals surface area (Å²) in [7, 11) is 0. The van der Waals surface area contributed by atoms with Gasteiger partial charge in [0.25, 0.3) is 0 Å². The highest BCUT2D eigenvalue weighted by atomic mass is 16.7. The lowest BCUT2D eigenvalue weighted by Gasteiger charge is -2.46. The molecule has 1 amide bonds. The molecule has 14 heteroatoms. The third kappa shape index (κ3) is 11.7. The molecule has 9 N–H and O–H groups in total. The summed E-state index contributed by atoms with van der Waals surface area (Å²) in [4.78, 5) is 12.3. The van der Waals surface area contributed by atoms with Crippen molar-refractivity contribution in [3.63, 3.8) is 0 Å². The summed E-state index contributed by atoms with van der Waals surface area (Å²) in [5, 5.41) is 84.9. The minimum absolute atomic E-state index is 0.252. The highest BCUT2D eigenvalue weighted by Crippen LogP contribution is 2.29. The molecule has 2 aliphatic rings. The van der Waals surface area contributed by atoms with E-state index in [9.17, 15) is 45.6 Å². The van der Waals surface area contributed by atoms with Gasteiger partial charge in [0, 0.05) is 6.42 Å². The fourth-order valence-electron chi connectivity index (χ4n) is 5.34. The number of carbonyl (C=O) groups is 1. The Kier molecular flexibility index (Phi) is 17.9. The Morgan fingerprint density at radius 3 is 1.93 bits per heavy atom. The average molecular weight is 626 g/mol. The van der Waals surface area contributed by atoms with Gasteiger partial charge < -0.3 is 65.1 Å². The van der Waals surface area contributed by atoms with Crippen LogP contribution in [0.1, 0.15) is 84.5 Å². The van der Waals surface area contributed by atoms with E-state index in [4.69, 9.17) is 18.9 Å². The molecule has 0 bridgehead atoms. The van der Waals surface area contributed by atoms with Gasteiger partial charge in [-0.15, -0.1) is 0 Å². The van der Waals surface area contributed by atoms with Gasteiger partial charge >= 0.3 is 0 Å². The predicted molar refractivity (Wildman–Crippen MR) is 152 cm³/mol. The summed E-state index contributed by atoms with van der Waals surface area (Å²) < 4.78 is 22.2. The van der Waals surface area contributed by atoms with Crippen LogP contribution in [0.2, 0.25) is 0 Å². The molecular weight excluding hydrogens is 570 g/mol. The lowest BCUT2D eigenvalue weighted by molar-refractivity contribution is -0.359. The van der Waals surface area contributed by atoms with Crippen LogP contribution in [0, 0.1) is 0 Å². The number of nitrogens with one attached hydrogen (secondary N) is 1. The van der Waals surface area contributed by atoms with Gasteiger partial charge in [-0.1, -0.05) is 65.2 Å². The second kappa shape index (κ2) is 20.2. The van der Waals surface area contributed by atoms with E-state index in [1.54, 1.807) is 0 Å². The molecule has 2 heterocycles. The summed E-state index contributed by atoms with van der Waals surface area (Å²) >= 11 is 0. The first-order chi connectivity index (χ1) is 20.6. The molecule has 0 aromatic rings. The van der Waals surface area contributed by atoms with Crippen molar-refractivity contribution in [1.82, 2.24) is 5.32 Å². The van der Waals surface area contributed by atoms with Gasteiger partial charge in [-0.05, 0) is 12.8 Å². The highest BCUT2D eigenvalue weighted by molar-refractivity contribution is 5.76. The van der Waals surface area contributed by atoms with Gasteiger partial charge in [0.05, 0.1) is 32.0 Å². The van der Waals surface area contributed by atoms with Crippen LogP contribution in [-0.4, -0.2) is 140 Å². The molecule has 2 fully saturated rings. The van der Waals surface area contributed by atoms with Gasteiger partial charge in [0.15, 0.2) is 12.6 Å². The molecule has 14 nitrogen and oxygen atoms in total. The number of aliphatic hydroxyl groups is 8. The molecule has 2 aliphatic heterocycles. The molecule has 0 aliphatic carbocycles. The van der Waals surface area contributed by atoms with E-state index in [1.165, 1.54) is 25.7 Å². The number of rotatable bonds is 20. The van der Waals surface area contributed by atoms with Crippen molar-refractivity contribution in [1.29, 1.82) is 0 Å². The van der Waals surface area contributed by atoms with Crippen LogP contribution in [0.15, 0.2) is 0 Å². The molecule has 12 atom stereocenters. The zero-order valence-electron chi connectivity index (χ0n) is 25.4. The zero-order chi connectivity index (χ0) is 31.9. The lowest BCUT2D eigenvalue weighted by atomic mass is 9.97. The van der Waals surface area contributed by atoms with Crippen LogP contribution < -0.4 is 5.32 Å². The molecular formula is C29H55NO13. The number of carbonyl (C=O) groups excluding carboxylic acids is 1. The van der Waals surface area contributed by atoms with Gasteiger partial charge in [0.1, 0.15) is 48.8 Å². The summed E-state index contributed by atoms with van der Waals surface area (Å²) in [6.45, 7) is 2.38. The van der Waals surface area contributed by atoms with E-state index in [-0.39, 0.29) is 18.9 Å². The van der Waals surface area contributed by atoms with Crippen molar-refractivity contribution in [3.05, 3.63) is 0 Å². The minimum atomic E-state index is -1.77. The average Bonchev–Trinajstić information content (AvgIpc) is 2.99. The van der Waals surface area contributed by atoms with Crippen molar-refractivity contribution < 1.29 is 64.6 Å². The first kappa shape index (κ1) is 38.2. The molecule has 43 heavy (non-hydrogen) atoms. The van der Waals surface area contributed by atoms with E-state index in [1.807, 2.05) is 6.92 Å². The largest absolute Gasteiger partial charge is 0.394 e. The molecule has 12 unspecified atom stereocenters. The van der Waals surface area contributed by atoms with Crippen molar-refractivity contribution in [2.45, 2.75) is 158 Å². The molecule has 2 rings (SSSR count). The number of hydrogen-bond donors (Lipinski definition) is 9. The second-order valence-corrected chi connectivity index (χ2v) is 11.6. The SMILES string of the molecule is CCCCCCCCCCC(O)C(COC1OC(CO)C(OC2OC(CO)C(O)C(O)C2O)C(O)C1O)NC(=O)CCC. The number of hydrogen-bond acceptors (Lipinski definition) is 13. The zero-order valence-corrected chi connectivity index (χ0v) is 25.4. The van der Waals surface area contributed by atoms with Crippen LogP contribution in [-0.2, 0) is 23.7 Å². The van der Waals surface area contributed by atoms with E-state index in [2.05, 4.69) is 12.2 Å². The van der Waals surface area contributed by atoms with Crippen LogP contribution in [0.5, 0.6) is 0 Å². The van der Waals surface area contributed by atoms with E-state index >= 15 is 0 Å². The normalized spacial score (nSPS) is 34.6. The molecule has 254 valence electrons. The molecule has 2 saturated heterocycles. The molecule has 0 saturated carbocycles. The minimum Gasteiger partial charge on any atom is -0.394 e. The van der Waals surface area contributed by atoms with Gasteiger partial charge in [-0.3, -0.25) is 4.79 Å². The van der Waals surface area contributed by atoms with Crippen molar-refractivity contribution >= 4 is 5.91 Å². The quantitative estimate of drug-likeness (QED) is 0.0726. The fourth-order valence-corrected chi connectivity index (χ4v) is 5.34. The Morgan fingerprint density at radius 1 is 0.744 bits per heavy atom. The third-order valence-electron chi connectivity index (χ3n) is 8.04. The lowest BCUT2D eigenvalue weighted by Crippen LogP contribution is -2.65. The number of ether oxygens (including phenoxy) is 4. The van der Waals surface area contributed by atoms with Gasteiger partial charge in [-0.2, -0.15) is 0 Å². The third-order valence-corrected chi connectivity index (χ3v) is 8.04. The van der Waals surface area contributed by atoms with Crippen LogP contribution in [0.3, 0.4) is 0 Å². The summed E-state index contributed by atoms with van der Waals surface area (Å²) in [5.41, 5.74) is 0. The standard InChI is InChI=1S/C29H55NO13/c1-3-5-6-7-8-9-10-11-13-18(33)17(30-21(34)12-4-2)16-40-28-26(39)24(37)27(20(15-32)42-28)43-29-25(38)23(36)22(35)19(14-31)41-29/h17-20,22-29,31-33,35-39H,3-16H2,1-2H3,(H,30,34). The maximum absolute atomic E-state index is 12.3. The van der Waals surface area contributed by atoms with Crippen molar-refractivity contribution in [2.75, 3.05) is 19.8 Å². The smallest absolute Gasteiger partial charge is 0.220 e. The van der Waals surface area contributed by atoms with Crippen molar-refractivity contribution in [2.24, 2.45) is 0 Å². The number of amides is 1. The number of unbranched alkanes of at least 4 members (excludes halogenated alkanes) is 7. The Balaban J connectivity index is 1.97. The maximum atomic E-state index is 12.3. The number of aliphatic hydroxyl groups excluding tert-OH is 8. The van der Waals surface area contributed by atoms with Crippen LogP contribution >= 0.6 is 0 Å². The summed E-state index contributed by atoms with van der Waals surface area (Å²) in [6.07, 6.45) is -6.56. The molecule has 0 aromatic carbocycles. The van der Waals surface area contributed by atoms with Gasteiger partial charge in [-0.25, -0.2) is 0 Å². The fraction of sp³-hybridized carbons (Fsp3) is 0.966. The maximum Gasteiger partial charge on any atom is 0.220 e. The Hall–Kier alpha value is -1.01. The van der Waals surface area contributed by atoms with Crippen LogP contribution in [0.4, 0.5) is 0 Å². The summed E-state index contributed by atoms with van der Waals surface area (Å²) in [6, 6.07) is -0.813.